The van der Waals surface area contributed by atoms with Gasteiger partial charge in [0.15, 0.2) is 0 Å². The van der Waals surface area contributed by atoms with Crippen molar-refractivity contribution in [2.45, 2.75) is 13.3 Å². The lowest BCUT2D eigenvalue weighted by Crippen LogP contribution is -1.69. The van der Waals surface area contributed by atoms with Gasteiger partial charge in [0.25, 0.3) is 0 Å². The van der Waals surface area contributed by atoms with Gasteiger partial charge in [-0.15, -0.1) is 0 Å². The van der Waals surface area contributed by atoms with Crippen molar-refractivity contribution in [2.75, 3.05) is 6.61 Å². The molecule has 0 aromatic carbocycles. The van der Waals surface area contributed by atoms with E-state index in [0.717, 1.165) is 6.42 Å². The predicted octanol–water partition coefficient (Wildman–Crippen LogP) is -0.230. The second-order valence-corrected chi connectivity index (χ2v) is 0.974. The second kappa shape index (κ2) is 17.1. The Balaban J connectivity index is 0. The first-order valence-electron chi connectivity index (χ1n) is 1.93. The Morgan fingerprint density at radius 1 is 1.57 bits per heavy atom. The summed E-state index contributed by atoms with van der Waals surface area (Å²) in [6.45, 7) is 2.25. The first-order valence-corrected chi connectivity index (χ1v) is 2.75. The maximum atomic E-state index is 8.40. The molecule has 0 bridgehead atoms. The lowest BCUT2D eigenvalue weighted by Gasteiger charge is -1.69. The molecule has 0 aliphatic heterocycles. The van der Waals surface area contributed by atoms with Crippen molar-refractivity contribution < 1.29 is 14.0 Å². The fourth-order valence-electron chi connectivity index (χ4n) is 0. The normalized spacial score (nSPS) is 5.43. The van der Waals surface area contributed by atoms with Crippen LogP contribution in [0.3, 0.4) is 0 Å². The van der Waals surface area contributed by atoms with Gasteiger partial charge in [-0.3, -0.25) is 8.92 Å². The zero-order chi connectivity index (χ0) is 6.12. The molecular weight excluding hydrogens is 112 g/mol. The van der Waals surface area contributed by atoms with E-state index in [9.17, 15) is 0 Å². The Kier molecular flexibility index (Phi) is 24.2. The molecule has 0 amide bonds. The molecule has 0 fully saturated rings. The van der Waals surface area contributed by atoms with Gasteiger partial charge in [0.1, 0.15) is 0 Å². The highest BCUT2D eigenvalue weighted by molar-refractivity contribution is 5.94. The summed E-state index contributed by atoms with van der Waals surface area (Å²) in [6, 6.07) is 0. The fourth-order valence-corrected chi connectivity index (χ4v) is 0. The van der Waals surface area contributed by atoms with E-state index in [1.807, 2.05) is 6.92 Å². The minimum Gasteiger partial charge on any atom is -0.396 e. The van der Waals surface area contributed by atoms with Crippen molar-refractivity contribution in [1.29, 1.82) is 0 Å². The van der Waals surface area contributed by atoms with Crippen molar-refractivity contribution >= 4 is 9.29 Å². The lowest BCUT2D eigenvalue weighted by molar-refractivity contribution is 0.295. The molecule has 3 nitrogen and oxygen atoms in total. The molecule has 7 heavy (non-hydrogen) atoms. The van der Waals surface area contributed by atoms with Gasteiger partial charge in [0, 0.05) is 6.61 Å². The lowest BCUT2D eigenvalue weighted by atomic mass is 10.5. The average Bonchev–Trinajstić information content (AvgIpc) is 1.69. The molecule has 0 radical (unpaired) electrons. The summed E-state index contributed by atoms with van der Waals surface area (Å²) >= 11 is 0. The van der Waals surface area contributed by atoms with Crippen molar-refractivity contribution in [2.24, 2.45) is 0 Å². The Bertz CT molecular complexity index is 46.1. The van der Waals surface area contributed by atoms with Gasteiger partial charge in [0.2, 0.25) is 0 Å². The van der Waals surface area contributed by atoms with Crippen LogP contribution in [0.5, 0.6) is 0 Å². The van der Waals surface area contributed by atoms with Crippen molar-refractivity contribution in [1.82, 2.24) is 0 Å². The zero-order valence-corrected chi connectivity index (χ0v) is 5.18. The highest BCUT2D eigenvalue weighted by Crippen LogP contribution is 1.61. The number of aliphatic hydroxyl groups excluding tert-OH is 1. The predicted molar refractivity (Wildman–Crippen MR) is 24.5 cm³/mol. The van der Waals surface area contributed by atoms with Crippen LogP contribution in [0.1, 0.15) is 13.3 Å². The van der Waals surface area contributed by atoms with E-state index in [2.05, 4.69) is 0 Å². The minimum atomic E-state index is -1.42. The SMILES string of the molecule is CCCO.O=[Si]=O. The van der Waals surface area contributed by atoms with Gasteiger partial charge < -0.3 is 5.11 Å². The minimum absolute atomic E-state index is 0.319. The molecule has 1 N–H and O–H groups in total. The first kappa shape index (κ1) is 9.91. The molecule has 0 atom stereocenters. The van der Waals surface area contributed by atoms with Crippen molar-refractivity contribution in [3.63, 3.8) is 0 Å². The average molecular weight is 120 g/mol. The van der Waals surface area contributed by atoms with Crippen LogP contribution in [-0.4, -0.2) is 21.0 Å². The Labute approximate surface area is 44.3 Å². The van der Waals surface area contributed by atoms with Crippen LogP contribution >= 0.6 is 0 Å². The third kappa shape index (κ3) is 137. The molecule has 0 aromatic heterocycles. The highest BCUT2D eigenvalue weighted by atomic mass is 28.2. The summed E-state index contributed by atoms with van der Waals surface area (Å²) in [6.07, 6.45) is 0.875. The maximum absolute atomic E-state index is 8.40. The quantitative estimate of drug-likeness (QED) is 0.486. The standard InChI is InChI=1S/C3H8O.O2Si/c1-2-3-4;1-3-2/h4H,2-3H2,1H3;. The molecule has 0 saturated heterocycles. The molecule has 42 valence electrons. The van der Waals surface area contributed by atoms with Crippen LogP contribution in [0.25, 0.3) is 0 Å². The van der Waals surface area contributed by atoms with Crippen LogP contribution in [0.4, 0.5) is 0 Å². The van der Waals surface area contributed by atoms with E-state index in [4.69, 9.17) is 14.0 Å². The number of hydrogen-bond acceptors (Lipinski definition) is 3. The Hall–Kier alpha value is -0.223. The number of hydrogen-bond donors (Lipinski definition) is 1. The van der Waals surface area contributed by atoms with Gasteiger partial charge in [-0.1, -0.05) is 6.92 Å². The zero-order valence-electron chi connectivity index (χ0n) is 4.18. The van der Waals surface area contributed by atoms with E-state index >= 15 is 0 Å². The van der Waals surface area contributed by atoms with Crippen LogP contribution in [0.2, 0.25) is 0 Å². The van der Waals surface area contributed by atoms with Crippen LogP contribution in [-0.2, 0) is 8.92 Å². The highest BCUT2D eigenvalue weighted by Gasteiger charge is 1.57. The molecule has 0 aliphatic rings. The van der Waals surface area contributed by atoms with E-state index in [1.54, 1.807) is 0 Å². The summed E-state index contributed by atoms with van der Waals surface area (Å²) in [5.74, 6) is 0. The van der Waals surface area contributed by atoms with Gasteiger partial charge in [-0.25, -0.2) is 0 Å². The fraction of sp³-hybridized carbons (Fsp3) is 1.00. The molecule has 0 unspecified atom stereocenters. The summed E-state index contributed by atoms with van der Waals surface area (Å²) in [7, 11) is -1.42. The summed E-state index contributed by atoms with van der Waals surface area (Å²) in [5.41, 5.74) is 0. The van der Waals surface area contributed by atoms with Crippen LogP contribution in [0, 0.1) is 0 Å². The monoisotopic (exact) mass is 120 g/mol. The molecule has 0 aromatic rings. The van der Waals surface area contributed by atoms with E-state index in [0.29, 0.717) is 6.61 Å². The maximum Gasteiger partial charge on any atom is 0.549 e. The molecule has 4 heteroatoms. The van der Waals surface area contributed by atoms with Crippen molar-refractivity contribution in [3.8, 4) is 0 Å². The van der Waals surface area contributed by atoms with E-state index in [-0.39, 0.29) is 0 Å². The molecule has 0 saturated carbocycles. The first-order chi connectivity index (χ1) is 3.33. The summed E-state index contributed by atoms with van der Waals surface area (Å²) in [4.78, 5) is 0. The Morgan fingerprint density at radius 3 is 1.71 bits per heavy atom. The third-order valence-electron chi connectivity index (χ3n) is 0.224. The van der Waals surface area contributed by atoms with Crippen LogP contribution < -0.4 is 0 Å². The van der Waals surface area contributed by atoms with Gasteiger partial charge in [0.05, 0.1) is 0 Å². The topological polar surface area (TPSA) is 54.4 Å². The molecule has 0 heterocycles. The summed E-state index contributed by atoms with van der Waals surface area (Å²) < 4.78 is 16.8. The smallest absolute Gasteiger partial charge is 0.396 e. The van der Waals surface area contributed by atoms with E-state index < -0.39 is 9.29 Å². The molecule has 0 spiro atoms. The molecule has 0 rings (SSSR count). The van der Waals surface area contributed by atoms with Gasteiger partial charge in [-0.2, -0.15) is 0 Å². The molecular formula is C3H8O3Si. The largest absolute Gasteiger partial charge is 0.549 e. The third-order valence-corrected chi connectivity index (χ3v) is 0.224. The Morgan fingerprint density at radius 2 is 1.71 bits per heavy atom. The van der Waals surface area contributed by atoms with Crippen molar-refractivity contribution in [3.05, 3.63) is 0 Å². The van der Waals surface area contributed by atoms with E-state index in [1.165, 1.54) is 0 Å². The number of rotatable bonds is 1. The number of aliphatic hydroxyl groups is 1. The molecule has 0 aliphatic carbocycles. The van der Waals surface area contributed by atoms with Crippen LogP contribution in [0.15, 0.2) is 0 Å². The second-order valence-electron chi connectivity index (χ2n) is 0.807. The van der Waals surface area contributed by atoms with Gasteiger partial charge >= 0.3 is 9.29 Å². The summed E-state index contributed by atoms with van der Waals surface area (Å²) in [5, 5.41) is 7.88. The van der Waals surface area contributed by atoms with Gasteiger partial charge in [-0.05, 0) is 6.42 Å².